The van der Waals surface area contributed by atoms with E-state index in [4.69, 9.17) is 4.42 Å². The molecule has 0 N–H and O–H groups in total. The van der Waals surface area contributed by atoms with Crippen LogP contribution in [0.5, 0.6) is 0 Å². The summed E-state index contributed by atoms with van der Waals surface area (Å²) in [6.07, 6.45) is 2.19. The monoisotopic (exact) mass is 314 g/mol. The van der Waals surface area contributed by atoms with E-state index in [-0.39, 0.29) is 17.7 Å². The molecule has 2 heterocycles. The molecule has 18 heavy (non-hydrogen) atoms. The molecule has 0 saturated carbocycles. The fourth-order valence-electron chi connectivity index (χ4n) is 2.09. The number of hydrogen-bond donors (Lipinski definition) is 0. The molecule has 1 fully saturated rings. The van der Waals surface area contributed by atoms with Gasteiger partial charge in [-0.1, -0.05) is 0 Å². The zero-order chi connectivity index (χ0) is 13.3. The Morgan fingerprint density at radius 3 is 2.78 bits per heavy atom. The Morgan fingerprint density at radius 2 is 2.22 bits per heavy atom. The van der Waals surface area contributed by atoms with Crippen molar-refractivity contribution >= 4 is 27.7 Å². The molecule has 6 heteroatoms. The summed E-state index contributed by atoms with van der Waals surface area (Å²) in [5, 5.41) is 0. The maximum Gasteiger partial charge on any atom is 0.289 e. The number of hydrogen-bond acceptors (Lipinski definition) is 3. The van der Waals surface area contributed by atoms with Gasteiger partial charge in [0, 0.05) is 33.3 Å². The highest BCUT2D eigenvalue weighted by Crippen LogP contribution is 2.22. The van der Waals surface area contributed by atoms with Gasteiger partial charge < -0.3 is 14.2 Å². The number of carbonyl (C=O) groups excluding carboxylic acids is 2. The maximum absolute atomic E-state index is 12.1. The lowest BCUT2D eigenvalue weighted by Gasteiger charge is -2.17. The highest BCUT2D eigenvalue weighted by Gasteiger charge is 2.33. The summed E-state index contributed by atoms with van der Waals surface area (Å²) in [5.74, 6) is 0.128. The number of carbonyl (C=O) groups is 2. The first-order valence-electron chi connectivity index (χ1n) is 5.73. The zero-order valence-electron chi connectivity index (χ0n) is 10.4. The minimum atomic E-state index is -0.158. The number of likely N-dealkylation sites (tertiary alicyclic amines) is 1. The summed E-state index contributed by atoms with van der Waals surface area (Å²) in [5.41, 5.74) is 0. The Labute approximate surface area is 114 Å². The Bertz CT molecular complexity index is 470. The van der Waals surface area contributed by atoms with Crippen molar-refractivity contribution in [3.05, 3.63) is 22.6 Å². The second-order valence-electron chi connectivity index (χ2n) is 4.60. The average Bonchev–Trinajstić information content (AvgIpc) is 2.95. The summed E-state index contributed by atoms with van der Waals surface area (Å²) >= 11 is 3.24. The van der Waals surface area contributed by atoms with E-state index in [1.165, 1.54) is 6.26 Å². The van der Waals surface area contributed by atoms with E-state index < -0.39 is 0 Å². The van der Waals surface area contributed by atoms with Crippen LogP contribution in [0, 0.1) is 5.92 Å². The van der Waals surface area contributed by atoms with Crippen molar-refractivity contribution in [2.75, 3.05) is 27.2 Å². The van der Waals surface area contributed by atoms with E-state index in [0.29, 0.717) is 25.3 Å². The molecule has 1 unspecified atom stereocenters. The molecular formula is C12H15BrN2O3. The van der Waals surface area contributed by atoms with Gasteiger partial charge in [-0.2, -0.15) is 0 Å². The van der Waals surface area contributed by atoms with Crippen molar-refractivity contribution in [1.29, 1.82) is 0 Å². The number of halogens is 1. The molecule has 2 rings (SSSR count). The second-order valence-corrected chi connectivity index (χ2v) is 5.51. The van der Waals surface area contributed by atoms with Crippen molar-refractivity contribution in [1.82, 2.24) is 9.80 Å². The molecule has 5 nitrogen and oxygen atoms in total. The first-order valence-corrected chi connectivity index (χ1v) is 6.53. The molecule has 1 aliphatic heterocycles. The van der Waals surface area contributed by atoms with E-state index in [1.807, 2.05) is 0 Å². The van der Waals surface area contributed by atoms with Crippen LogP contribution in [0.4, 0.5) is 0 Å². The zero-order valence-corrected chi connectivity index (χ0v) is 11.9. The van der Waals surface area contributed by atoms with Crippen LogP contribution >= 0.6 is 15.9 Å². The van der Waals surface area contributed by atoms with Gasteiger partial charge in [0.2, 0.25) is 5.91 Å². The Morgan fingerprint density at radius 1 is 1.50 bits per heavy atom. The van der Waals surface area contributed by atoms with Crippen molar-refractivity contribution in [3.8, 4) is 0 Å². The third-order valence-electron chi connectivity index (χ3n) is 3.04. The molecule has 2 amide bonds. The minimum absolute atomic E-state index is 0.0749. The lowest BCUT2D eigenvalue weighted by Crippen LogP contribution is -2.33. The van der Waals surface area contributed by atoms with E-state index in [0.717, 1.165) is 4.47 Å². The van der Waals surface area contributed by atoms with Crippen LogP contribution in [-0.4, -0.2) is 48.8 Å². The molecule has 1 atom stereocenters. The second kappa shape index (κ2) is 5.14. The summed E-state index contributed by atoms with van der Waals surface area (Å²) in [6, 6.07) is 1.64. The summed E-state index contributed by atoms with van der Waals surface area (Å²) < 4.78 is 5.89. The normalized spacial score (nSPS) is 19.1. The quantitative estimate of drug-likeness (QED) is 0.833. The standard InChI is InChI=1S/C12H15BrN2O3/c1-14(2)11(16)8-3-4-15(6-8)12(17)10-5-9(13)7-18-10/h5,7-8H,3-4,6H2,1-2H3. The molecule has 0 radical (unpaired) electrons. The van der Waals surface area contributed by atoms with E-state index in [9.17, 15) is 9.59 Å². The summed E-state index contributed by atoms with van der Waals surface area (Å²) in [7, 11) is 3.47. The molecule has 1 aromatic rings. The van der Waals surface area contributed by atoms with Crippen LogP contribution in [0.3, 0.4) is 0 Å². The fraction of sp³-hybridized carbons (Fsp3) is 0.500. The van der Waals surface area contributed by atoms with Crippen molar-refractivity contribution < 1.29 is 14.0 Å². The number of furan rings is 1. The average molecular weight is 315 g/mol. The van der Waals surface area contributed by atoms with Crippen LogP contribution < -0.4 is 0 Å². The van der Waals surface area contributed by atoms with Gasteiger partial charge in [0.25, 0.3) is 5.91 Å². The van der Waals surface area contributed by atoms with Gasteiger partial charge in [-0.3, -0.25) is 9.59 Å². The highest BCUT2D eigenvalue weighted by molar-refractivity contribution is 9.10. The molecule has 1 aromatic heterocycles. The molecule has 1 saturated heterocycles. The lowest BCUT2D eigenvalue weighted by atomic mass is 10.1. The fourth-order valence-corrected chi connectivity index (χ4v) is 2.39. The molecule has 1 aliphatic rings. The Kier molecular flexibility index (Phi) is 3.75. The maximum atomic E-state index is 12.1. The smallest absolute Gasteiger partial charge is 0.289 e. The van der Waals surface area contributed by atoms with Crippen LogP contribution in [0.25, 0.3) is 0 Å². The van der Waals surface area contributed by atoms with Crippen LogP contribution in [0.2, 0.25) is 0 Å². The highest BCUT2D eigenvalue weighted by atomic mass is 79.9. The van der Waals surface area contributed by atoms with Gasteiger partial charge in [0.15, 0.2) is 5.76 Å². The van der Waals surface area contributed by atoms with Crippen LogP contribution in [-0.2, 0) is 4.79 Å². The van der Waals surface area contributed by atoms with E-state index in [1.54, 1.807) is 30.0 Å². The van der Waals surface area contributed by atoms with E-state index >= 15 is 0 Å². The third kappa shape index (κ3) is 2.58. The summed E-state index contributed by atoms with van der Waals surface area (Å²) in [6.45, 7) is 1.07. The topological polar surface area (TPSA) is 53.8 Å². The van der Waals surface area contributed by atoms with E-state index in [2.05, 4.69) is 15.9 Å². The van der Waals surface area contributed by atoms with Crippen LogP contribution in [0.15, 0.2) is 21.2 Å². The van der Waals surface area contributed by atoms with Gasteiger partial charge in [0.1, 0.15) is 6.26 Å². The van der Waals surface area contributed by atoms with Gasteiger partial charge in [-0.15, -0.1) is 0 Å². The number of amides is 2. The predicted octanol–water partition coefficient (Wildman–Crippen LogP) is 1.59. The van der Waals surface area contributed by atoms with Crippen molar-refractivity contribution in [2.45, 2.75) is 6.42 Å². The first kappa shape index (κ1) is 13.1. The van der Waals surface area contributed by atoms with Crippen molar-refractivity contribution in [3.63, 3.8) is 0 Å². The molecule has 0 bridgehead atoms. The van der Waals surface area contributed by atoms with Gasteiger partial charge >= 0.3 is 0 Å². The Balaban J connectivity index is 2.01. The van der Waals surface area contributed by atoms with Crippen LogP contribution in [0.1, 0.15) is 17.0 Å². The largest absolute Gasteiger partial charge is 0.458 e. The van der Waals surface area contributed by atoms with Gasteiger partial charge in [-0.25, -0.2) is 0 Å². The van der Waals surface area contributed by atoms with Crippen molar-refractivity contribution in [2.24, 2.45) is 5.92 Å². The minimum Gasteiger partial charge on any atom is -0.458 e. The summed E-state index contributed by atoms with van der Waals surface area (Å²) in [4.78, 5) is 27.1. The molecular weight excluding hydrogens is 300 g/mol. The van der Waals surface area contributed by atoms with Gasteiger partial charge in [0.05, 0.1) is 10.4 Å². The number of nitrogens with zero attached hydrogens (tertiary/aromatic N) is 2. The lowest BCUT2D eigenvalue weighted by molar-refractivity contribution is -0.132. The third-order valence-corrected chi connectivity index (χ3v) is 3.46. The predicted molar refractivity (Wildman–Crippen MR) is 69.1 cm³/mol. The molecule has 0 aliphatic carbocycles. The number of rotatable bonds is 2. The molecule has 0 aromatic carbocycles. The SMILES string of the molecule is CN(C)C(=O)C1CCN(C(=O)c2cc(Br)co2)C1. The first-order chi connectivity index (χ1) is 8.49. The molecule has 0 spiro atoms. The molecule has 98 valence electrons. The Hall–Kier alpha value is -1.30. The van der Waals surface area contributed by atoms with Gasteiger partial charge in [-0.05, 0) is 22.4 Å².